The van der Waals surface area contributed by atoms with Crippen LogP contribution in [0.1, 0.15) is 32.9 Å². The van der Waals surface area contributed by atoms with Gasteiger partial charge >= 0.3 is 6.18 Å². The van der Waals surface area contributed by atoms with Crippen molar-refractivity contribution in [3.63, 3.8) is 0 Å². The van der Waals surface area contributed by atoms with E-state index in [0.717, 1.165) is 56.2 Å². The summed E-state index contributed by atoms with van der Waals surface area (Å²) >= 11 is 0. The van der Waals surface area contributed by atoms with Gasteiger partial charge in [0.1, 0.15) is 18.8 Å². The molecule has 8 heteroatoms. The highest BCUT2D eigenvalue weighted by atomic mass is 19.4. The number of quaternary nitrogens is 1. The fourth-order valence-electron chi connectivity index (χ4n) is 3.73. The van der Waals surface area contributed by atoms with Gasteiger partial charge in [0.15, 0.2) is 0 Å². The Morgan fingerprint density at radius 1 is 1.21 bits per heavy atom. The summed E-state index contributed by atoms with van der Waals surface area (Å²) in [5, 5.41) is 2.96. The molecule has 5 nitrogen and oxygen atoms in total. The van der Waals surface area contributed by atoms with Crippen molar-refractivity contribution in [2.45, 2.75) is 26.6 Å². The molecule has 1 aliphatic rings. The second-order valence-electron chi connectivity index (χ2n) is 7.47. The molecular formula is C21H27F3N3O2+. The molecule has 2 aromatic rings. The van der Waals surface area contributed by atoms with Crippen LogP contribution in [0.25, 0.3) is 0 Å². The van der Waals surface area contributed by atoms with Gasteiger partial charge in [-0.05, 0) is 43.2 Å². The molecule has 2 heterocycles. The third kappa shape index (κ3) is 5.39. The first-order valence-electron chi connectivity index (χ1n) is 9.78. The summed E-state index contributed by atoms with van der Waals surface area (Å²) in [6.07, 6.45) is -4.39. The second kappa shape index (κ2) is 9.00. The SMILES string of the molecule is Cc1cc(C)n(Cc2cccc(C(F)(F)F)c2)c1C(=O)NCC[NH+]1CCOCC1. The van der Waals surface area contributed by atoms with Crippen LogP contribution in [0.5, 0.6) is 0 Å². The van der Waals surface area contributed by atoms with Gasteiger partial charge in [-0.15, -0.1) is 0 Å². The highest BCUT2D eigenvalue weighted by Crippen LogP contribution is 2.30. The van der Waals surface area contributed by atoms with E-state index in [1.165, 1.54) is 11.0 Å². The second-order valence-corrected chi connectivity index (χ2v) is 7.47. The first-order chi connectivity index (χ1) is 13.8. The van der Waals surface area contributed by atoms with Crippen LogP contribution in [-0.2, 0) is 17.5 Å². The van der Waals surface area contributed by atoms with E-state index < -0.39 is 11.7 Å². The zero-order valence-corrected chi connectivity index (χ0v) is 16.7. The van der Waals surface area contributed by atoms with Crippen LogP contribution < -0.4 is 10.2 Å². The minimum atomic E-state index is -4.39. The minimum Gasteiger partial charge on any atom is -0.370 e. The number of carbonyl (C=O) groups is 1. The summed E-state index contributed by atoms with van der Waals surface area (Å²) in [5.41, 5.74) is 1.97. The summed E-state index contributed by atoms with van der Waals surface area (Å²) in [7, 11) is 0. The molecule has 0 unspecified atom stereocenters. The monoisotopic (exact) mass is 410 g/mol. The Morgan fingerprint density at radius 2 is 1.93 bits per heavy atom. The number of nitrogens with zero attached hydrogens (tertiary/aromatic N) is 1. The fourth-order valence-corrected chi connectivity index (χ4v) is 3.73. The summed E-state index contributed by atoms with van der Waals surface area (Å²) in [5.74, 6) is -0.199. The van der Waals surface area contributed by atoms with Gasteiger partial charge in [-0.25, -0.2) is 0 Å². The summed E-state index contributed by atoms with van der Waals surface area (Å²) in [6.45, 7) is 8.61. The number of aryl methyl sites for hydroxylation is 2. The topological polar surface area (TPSA) is 47.7 Å². The lowest BCUT2D eigenvalue weighted by Gasteiger charge is -2.23. The lowest BCUT2D eigenvalue weighted by atomic mass is 10.1. The Morgan fingerprint density at radius 3 is 2.62 bits per heavy atom. The van der Waals surface area contributed by atoms with Gasteiger partial charge < -0.3 is 19.5 Å². The molecule has 1 aromatic heterocycles. The summed E-state index contributed by atoms with van der Waals surface area (Å²) in [4.78, 5) is 14.2. The van der Waals surface area contributed by atoms with Gasteiger partial charge in [0.05, 0.1) is 31.9 Å². The fraction of sp³-hybridized carbons (Fsp3) is 0.476. The minimum absolute atomic E-state index is 0.199. The Labute approximate surface area is 168 Å². The highest BCUT2D eigenvalue weighted by molar-refractivity contribution is 5.94. The number of amides is 1. The Bertz CT molecular complexity index is 855. The van der Waals surface area contributed by atoms with E-state index in [0.29, 0.717) is 17.8 Å². The number of morpholine rings is 1. The maximum atomic E-state index is 13.0. The van der Waals surface area contributed by atoms with Crippen molar-refractivity contribution < 1.29 is 27.6 Å². The van der Waals surface area contributed by atoms with E-state index >= 15 is 0 Å². The number of nitrogens with one attached hydrogen (secondary N) is 2. The van der Waals surface area contributed by atoms with Crippen LogP contribution in [0.4, 0.5) is 13.2 Å². The molecule has 0 atom stereocenters. The molecular weight excluding hydrogens is 383 g/mol. The van der Waals surface area contributed by atoms with Crippen molar-refractivity contribution in [3.8, 4) is 0 Å². The van der Waals surface area contributed by atoms with Crippen LogP contribution in [-0.4, -0.2) is 49.9 Å². The molecule has 0 aliphatic carbocycles. The zero-order valence-electron chi connectivity index (χ0n) is 16.7. The number of halogens is 3. The average Bonchev–Trinajstić information content (AvgIpc) is 2.95. The number of aromatic nitrogens is 1. The highest BCUT2D eigenvalue weighted by Gasteiger charge is 2.30. The molecule has 2 N–H and O–H groups in total. The Hall–Kier alpha value is -2.32. The first kappa shape index (κ1) is 21.4. The van der Waals surface area contributed by atoms with E-state index in [1.54, 1.807) is 10.6 Å². The molecule has 158 valence electrons. The molecule has 0 spiro atoms. The van der Waals surface area contributed by atoms with E-state index in [9.17, 15) is 18.0 Å². The van der Waals surface area contributed by atoms with Crippen LogP contribution >= 0.6 is 0 Å². The molecule has 1 aromatic carbocycles. The van der Waals surface area contributed by atoms with Crippen molar-refractivity contribution in [2.24, 2.45) is 0 Å². The van der Waals surface area contributed by atoms with Crippen LogP contribution in [0.2, 0.25) is 0 Å². The van der Waals surface area contributed by atoms with Crippen LogP contribution in [0.15, 0.2) is 30.3 Å². The average molecular weight is 410 g/mol. The number of alkyl halides is 3. The first-order valence-corrected chi connectivity index (χ1v) is 9.78. The van der Waals surface area contributed by atoms with Gasteiger partial charge in [0.2, 0.25) is 0 Å². The summed E-state index contributed by atoms with van der Waals surface area (Å²) in [6, 6.07) is 7.12. The third-order valence-corrected chi connectivity index (χ3v) is 5.27. The van der Waals surface area contributed by atoms with E-state index in [1.807, 2.05) is 19.9 Å². The summed E-state index contributed by atoms with van der Waals surface area (Å²) < 4.78 is 46.1. The van der Waals surface area contributed by atoms with Crippen molar-refractivity contribution >= 4 is 5.91 Å². The van der Waals surface area contributed by atoms with Crippen molar-refractivity contribution in [1.82, 2.24) is 9.88 Å². The largest absolute Gasteiger partial charge is 0.416 e. The molecule has 1 fully saturated rings. The molecule has 3 rings (SSSR count). The quantitative estimate of drug-likeness (QED) is 0.763. The predicted octanol–water partition coefficient (Wildman–Crippen LogP) is 1.82. The number of carbonyl (C=O) groups excluding carboxylic acids is 1. The lowest BCUT2D eigenvalue weighted by Crippen LogP contribution is -3.14. The smallest absolute Gasteiger partial charge is 0.370 e. The van der Waals surface area contributed by atoms with Gasteiger partial charge in [0.25, 0.3) is 5.91 Å². The molecule has 0 saturated carbocycles. The molecule has 0 bridgehead atoms. The predicted molar refractivity (Wildman–Crippen MR) is 103 cm³/mol. The van der Waals surface area contributed by atoms with Gasteiger partial charge in [0, 0.05) is 12.2 Å². The lowest BCUT2D eigenvalue weighted by molar-refractivity contribution is -0.906. The normalized spacial score (nSPS) is 15.5. The molecule has 29 heavy (non-hydrogen) atoms. The number of rotatable bonds is 6. The van der Waals surface area contributed by atoms with Gasteiger partial charge in [-0.3, -0.25) is 4.79 Å². The standard InChI is InChI=1S/C21H26F3N3O2/c1-15-12-16(2)27(14-17-4-3-5-18(13-17)21(22,23)24)19(15)20(28)25-6-7-26-8-10-29-11-9-26/h3-5,12-13H,6-11,14H2,1-2H3,(H,25,28)/p+1. The van der Waals surface area contributed by atoms with Crippen LogP contribution in [0.3, 0.4) is 0 Å². The van der Waals surface area contributed by atoms with Crippen molar-refractivity contribution in [1.29, 1.82) is 0 Å². The molecule has 0 radical (unpaired) electrons. The number of benzene rings is 1. The van der Waals surface area contributed by atoms with E-state index in [4.69, 9.17) is 4.74 Å². The van der Waals surface area contributed by atoms with Gasteiger partial charge in [-0.2, -0.15) is 13.2 Å². The van der Waals surface area contributed by atoms with E-state index in [2.05, 4.69) is 5.32 Å². The maximum absolute atomic E-state index is 13.0. The zero-order chi connectivity index (χ0) is 21.0. The van der Waals surface area contributed by atoms with E-state index in [-0.39, 0.29) is 12.5 Å². The Balaban J connectivity index is 1.71. The number of hydrogen-bond donors (Lipinski definition) is 2. The van der Waals surface area contributed by atoms with Crippen LogP contribution in [0, 0.1) is 13.8 Å². The number of hydrogen-bond acceptors (Lipinski definition) is 2. The van der Waals surface area contributed by atoms with Crippen molar-refractivity contribution in [2.75, 3.05) is 39.4 Å². The molecule has 1 amide bonds. The maximum Gasteiger partial charge on any atom is 0.416 e. The molecule has 1 aliphatic heterocycles. The van der Waals surface area contributed by atoms with Crippen molar-refractivity contribution in [3.05, 3.63) is 58.4 Å². The Kier molecular flexibility index (Phi) is 6.64. The van der Waals surface area contributed by atoms with Gasteiger partial charge in [-0.1, -0.05) is 12.1 Å². The third-order valence-electron chi connectivity index (χ3n) is 5.27. The number of ether oxygens (including phenoxy) is 1. The molecule has 1 saturated heterocycles.